The van der Waals surface area contributed by atoms with Gasteiger partial charge in [-0.05, 0) is 44.9 Å². The molecule has 0 heterocycles. The number of rotatable bonds is 52. The predicted octanol–water partition coefficient (Wildman–Crippen LogP) is 16.2. The Morgan fingerprint density at radius 2 is 0.490 bits per heavy atom. The van der Waals surface area contributed by atoms with Crippen LogP contribution in [0.5, 0.6) is 0 Å². The molecule has 0 fully saturated rings. The van der Waals surface area contributed by atoms with Gasteiger partial charge in [0.15, 0.2) is 21.4 Å². The van der Waals surface area contributed by atoms with E-state index in [0.29, 0.717) is 136 Å². The van der Waals surface area contributed by atoms with Crippen LogP contribution >= 0.6 is 21.4 Å². The van der Waals surface area contributed by atoms with Gasteiger partial charge in [0.05, 0.1) is 38.3 Å². The quantitative estimate of drug-likeness (QED) is 0.0270. The largest absolute Gasteiger partial charge is 0.381 e. The van der Waals surface area contributed by atoms with E-state index in [4.69, 9.17) is 14.2 Å². The van der Waals surface area contributed by atoms with Crippen LogP contribution in [0.3, 0.4) is 0 Å². The summed E-state index contributed by atoms with van der Waals surface area (Å²) in [5.41, 5.74) is -0.565. The summed E-state index contributed by atoms with van der Waals surface area (Å²) < 4.78 is 65.6. The minimum atomic E-state index is -3.31. The van der Waals surface area contributed by atoms with E-state index in [9.17, 15) is 14.4 Å². The molecular formula is C81H116N3O9P3. The first-order chi connectivity index (χ1) is 46.8. The van der Waals surface area contributed by atoms with E-state index in [1.165, 1.54) is 38.5 Å². The standard InChI is InChI=1S/C81H116N3O9P3/c1-5-9-12-15-18-39-57-82(78(85)66-94(88,72-45-27-21-28-46-72)73-47-29-22-30-48-73)60-42-63-91-69-81(8-4,70-92-64-43-61-83(58-40-19-16-13-10-6-2)79(86)67-95(89,74-49-31-23-32-50-74)75-51-33-24-34-52-75)71-93-65-44-62-84(59-41-20-17-14-11-7-3)80(87)68-96(90,76-53-35-25-36-54-76)77-55-37-26-38-56-77/h21-38,45-56H,5-20,39-44,57-71H2,1-4H3. The number of unbranched alkanes of at least 4 members (excludes halogenated alkanes) is 15. The Balaban J connectivity index is 1.17. The van der Waals surface area contributed by atoms with E-state index in [1.807, 2.05) is 197 Å². The second kappa shape index (κ2) is 45.1. The van der Waals surface area contributed by atoms with E-state index < -0.39 is 26.8 Å². The lowest BCUT2D eigenvalue weighted by Gasteiger charge is -2.33. The maximum atomic E-state index is 15.2. The number of amides is 3. The lowest BCUT2D eigenvalue weighted by molar-refractivity contribution is -0.129. The van der Waals surface area contributed by atoms with E-state index in [0.717, 1.165) is 77.0 Å². The Hall–Kier alpha value is -5.70. The lowest BCUT2D eigenvalue weighted by Crippen LogP contribution is -2.39. The third-order valence-electron chi connectivity index (χ3n) is 18.6. The molecule has 12 nitrogen and oxygen atoms in total. The molecule has 96 heavy (non-hydrogen) atoms. The van der Waals surface area contributed by atoms with Gasteiger partial charge in [0.25, 0.3) is 0 Å². The van der Waals surface area contributed by atoms with Gasteiger partial charge in [-0.2, -0.15) is 0 Å². The summed E-state index contributed by atoms with van der Waals surface area (Å²) in [5, 5.41) is 4.05. The van der Waals surface area contributed by atoms with Gasteiger partial charge in [0.2, 0.25) is 17.7 Å². The zero-order valence-electron chi connectivity index (χ0n) is 58.8. The number of carbonyl (C=O) groups is 3. The van der Waals surface area contributed by atoms with Crippen molar-refractivity contribution in [3.8, 4) is 0 Å². The van der Waals surface area contributed by atoms with Crippen molar-refractivity contribution in [3.63, 3.8) is 0 Å². The van der Waals surface area contributed by atoms with Gasteiger partial charge in [-0.25, -0.2) is 0 Å². The van der Waals surface area contributed by atoms with Crippen LogP contribution < -0.4 is 31.8 Å². The summed E-state index contributed by atoms with van der Waals surface area (Å²) in [6, 6.07) is 56.6. The Bertz CT molecular complexity index is 2750. The predicted molar refractivity (Wildman–Crippen MR) is 403 cm³/mol. The second-order valence-electron chi connectivity index (χ2n) is 26.2. The van der Waals surface area contributed by atoms with Crippen LogP contribution in [0.2, 0.25) is 0 Å². The van der Waals surface area contributed by atoms with Gasteiger partial charge in [-0.1, -0.05) is 306 Å². The minimum absolute atomic E-state index is 0.0916. The third kappa shape index (κ3) is 26.5. The average molecular weight is 1370 g/mol. The van der Waals surface area contributed by atoms with Gasteiger partial charge in [0.1, 0.15) is 0 Å². The van der Waals surface area contributed by atoms with Crippen molar-refractivity contribution in [2.24, 2.45) is 5.41 Å². The molecular weight excluding hydrogens is 1250 g/mol. The number of ether oxygens (including phenoxy) is 3. The van der Waals surface area contributed by atoms with Crippen LogP contribution in [0.15, 0.2) is 182 Å². The minimum Gasteiger partial charge on any atom is -0.381 e. The summed E-state index contributed by atoms with van der Waals surface area (Å²) in [6.07, 6.45) is 21.7. The molecule has 0 radical (unpaired) electrons. The fraction of sp³-hybridized carbons (Fsp3) is 0.519. The molecule has 0 aromatic heterocycles. The zero-order valence-corrected chi connectivity index (χ0v) is 61.5. The molecule has 0 saturated carbocycles. The summed E-state index contributed by atoms with van der Waals surface area (Å²) in [7, 11) is -9.93. The van der Waals surface area contributed by atoms with Crippen molar-refractivity contribution in [1.82, 2.24) is 14.7 Å². The van der Waals surface area contributed by atoms with Gasteiger partial charge >= 0.3 is 0 Å². The van der Waals surface area contributed by atoms with Crippen LogP contribution in [-0.4, -0.2) is 130 Å². The molecule has 6 aromatic carbocycles. The topological polar surface area (TPSA) is 140 Å². The molecule has 524 valence electrons. The molecule has 0 bridgehead atoms. The van der Waals surface area contributed by atoms with Gasteiger partial charge in [0, 0.05) is 96.3 Å². The summed E-state index contributed by atoms with van der Waals surface area (Å²) in [5.74, 6) is -0.357. The maximum absolute atomic E-state index is 15.2. The van der Waals surface area contributed by atoms with Crippen molar-refractivity contribution < 1.29 is 42.3 Å². The van der Waals surface area contributed by atoms with Crippen LogP contribution in [-0.2, 0) is 42.3 Å². The van der Waals surface area contributed by atoms with Crippen molar-refractivity contribution >= 4 is 71.0 Å². The zero-order chi connectivity index (χ0) is 68.4. The summed E-state index contributed by atoms with van der Waals surface area (Å²) in [4.78, 5) is 49.6. The molecule has 0 N–H and O–H groups in total. The van der Waals surface area contributed by atoms with Crippen LogP contribution in [0, 0.1) is 5.41 Å². The Kier molecular flexibility index (Phi) is 37.2. The average Bonchev–Trinajstić information content (AvgIpc) is 0.814. The van der Waals surface area contributed by atoms with Crippen molar-refractivity contribution in [3.05, 3.63) is 182 Å². The SMILES string of the molecule is CCCCCCCCN(CCCOCC(CC)(COCCCN(CCCCCCCC)C(=O)CP(=O)(c1ccccc1)c1ccccc1)COCCCN(CCCCCCCC)C(=O)CP(=O)(c1ccccc1)c1ccccc1)C(=O)CP(=O)(c1ccccc1)c1ccccc1. The molecule has 3 amide bonds. The van der Waals surface area contributed by atoms with Gasteiger partial charge in [-0.15, -0.1) is 0 Å². The van der Waals surface area contributed by atoms with Crippen LogP contribution in [0.1, 0.15) is 169 Å². The number of hydrogen-bond acceptors (Lipinski definition) is 9. The first-order valence-electron chi connectivity index (χ1n) is 36.5. The van der Waals surface area contributed by atoms with Crippen molar-refractivity contribution in [2.75, 3.05) is 97.4 Å². The van der Waals surface area contributed by atoms with E-state index in [2.05, 4.69) is 27.7 Å². The second-order valence-corrected chi connectivity index (χ2v) is 34.7. The van der Waals surface area contributed by atoms with Crippen LogP contribution in [0.4, 0.5) is 0 Å². The Morgan fingerprint density at radius 1 is 0.292 bits per heavy atom. The molecule has 0 aliphatic rings. The fourth-order valence-electron chi connectivity index (χ4n) is 12.6. The molecule has 0 aliphatic heterocycles. The van der Waals surface area contributed by atoms with Gasteiger partial charge < -0.3 is 42.6 Å². The first-order valence-corrected chi connectivity index (χ1v) is 42.2. The highest BCUT2D eigenvalue weighted by Gasteiger charge is 2.36. The molecule has 6 aromatic rings. The molecule has 0 spiro atoms. The maximum Gasteiger partial charge on any atom is 0.230 e. The smallest absolute Gasteiger partial charge is 0.230 e. The lowest BCUT2D eigenvalue weighted by atomic mass is 9.88. The normalized spacial score (nSPS) is 12.0. The number of benzene rings is 6. The number of nitrogens with zero attached hydrogens (tertiary/aromatic N) is 3. The van der Waals surface area contributed by atoms with Gasteiger partial charge in [-0.3, -0.25) is 14.4 Å². The molecule has 0 atom stereocenters. The third-order valence-corrected chi connectivity index (χ3v) is 27.6. The highest BCUT2D eigenvalue weighted by atomic mass is 31.2. The van der Waals surface area contributed by atoms with Crippen molar-refractivity contribution in [2.45, 2.75) is 169 Å². The van der Waals surface area contributed by atoms with Crippen molar-refractivity contribution in [1.29, 1.82) is 0 Å². The number of carbonyl (C=O) groups excluding carboxylic acids is 3. The Morgan fingerprint density at radius 3 is 0.698 bits per heavy atom. The molecule has 6 rings (SSSR count). The number of hydrogen-bond donors (Lipinski definition) is 0. The molecule has 0 aliphatic carbocycles. The Labute approximate surface area is 578 Å². The summed E-state index contributed by atoms with van der Waals surface area (Å²) in [6.45, 7) is 14.0. The first kappa shape index (κ1) is 79.3. The van der Waals surface area contributed by atoms with E-state index in [1.54, 1.807) is 0 Å². The molecule has 0 unspecified atom stereocenters. The monoisotopic (exact) mass is 1370 g/mol. The fourth-order valence-corrected chi connectivity index (χ4v) is 20.2. The highest BCUT2D eigenvalue weighted by Crippen LogP contribution is 2.46. The molecule has 15 heteroatoms. The summed E-state index contributed by atoms with van der Waals surface area (Å²) >= 11 is 0. The van der Waals surface area contributed by atoms with E-state index in [-0.39, 0.29) is 36.2 Å². The van der Waals surface area contributed by atoms with Crippen LogP contribution in [0.25, 0.3) is 0 Å². The molecule has 0 saturated heterocycles. The highest BCUT2D eigenvalue weighted by molar-refractivity contribution is 7.80. The van der Waals surface area contributed by atoms with E-state index >= 15 is 13.7 Å².